The fourth-order valence-electron chi connectivity index (χ4n) is 3.24. The maximum absolute atomic E-state index is 12.4. The number of nitrogens with one attached hydrogen (secondary N) is 1. The van der Waals surface area contributed by atoms with Crippen LogP contribution in [0, 0.1) is 10.1 Å². The van der Waals surface area contributed by atoms with Crippen LogP contribution in [0.3, 0.4) is 0 Å². The zero-order chi connectivity index (χ0) is 22.0. The van der Waals surface area contributed by atoms with E-state index in [9.17, 15) is 14.9 Å². The number of non-ortho nitro benzene ring substituents is 1. The zero-order valence-electron chi connectivity index (χ0n) is 17.2. The van der Waals surface area contributed by atoms with Gasteiger partial charge in [0.15, 0.2) is 5.58 Å². The number of benzene rings is 3. The van der Waals surface area contributed by atoms with Gasteiger partial charge in [-0.05, 0) is 66.4 Å². The van der Waals surface area contributed by atoms with E-state index >= 15 is 0 Å². The molecular weight excluding hydrogens is 394 g/mol. The molecule has 0 aliphatic heterocycles. The van der Waals surface area contributed by atoms with Gasteiger partial charge in [-0.1, -0.05) is 19.9 Å². The summed E-state index contributed by atoms with van der Waals surface area (Å²) in [6.45, 7) is 4.34. The molecule has 0 spiro atoms. The van der Waals surface area contributed by atoms with Crippen molar-refractivity contribution in [3.63, 3.8) is 0 Å². The third-order valence-electron chi connectivity index (χ3n) is 5.32. The maximum Gasteiger partial charge on any atom is 0.269 e. The Kier molecular flexibility index (Phi) is 5.49. The Hall–Kier alpha value is -4.00. The first-order valence-electron chi connectivity index (χ1n) is 10.0. The quantitative estimate of drug-likeness (QED) is 0.300. The molecule has 0 saturated heterocycles. The molecule has 1 aromatic heterocycles. The number of aromatic nitrogens is 1. The summed E-state index contributed by atoms with van der Waals surface area (Å²) in [7, 11) is 0. The molecule has 0 saturated carbocycles. The first kappa shape index (κ1) is 20.3. The molecule has 4 rings (SSSR count). The van der Waals surface area contributed by atoms with Gasteiger partial charge >= 0.3 is 0 Å². The number of fused-ring (bicyclic) bond motifs is 1. The van der Waals surface area contributed by atoms with E-state index in [1.54, 1.807) is 12.1 Å². The molecule has 31 heavy (non-hydrogen) atoms. The molecule has 156 valence electrons. The SMILES string of the molecule is CC[C@@H](C)c1ccc2oc(-c3ccc(NC(=O)c4ccc([N+](=O)[O-])cc4)cc3)nc2c1. The number of nitrogens with zero attached hydrogens (tertiary/aromatic N) is 2. The van der Waals surface area contributed by atoms with Crippen molar-refractivity contribution < 1.29 is 14.1 Å². The average molecular weight is 415 g/mol. The van der Waals surface area contributed by atoms with Crippen LogP contribution >= 0.6 is 0 Å². The summed E-state index contributed by atoms with van der Waals surface area (Å²) in [6, 6.07) is 18.7. The van der Waals surface area contributed by atoms with Crippen LogP contribution in [0.5, 0.6) is 0 Å². The molecule has 0 unspecified atom stereocenters. The summed E-state index contributed by atoms with van der Waals surface area (Å²) in [6.07, 6.45) is 1.06. The molecule has 7 heteroatoms. The van der Waals surface area contributed by atoms with Crippen LogP contribution in [-0.4, -0.2) is 15.8 Å². The number of nitro benzene ring substituents is 1. The van der Waals surface area contributed by atoms with Crippen LogP contribution in [0.15, 0.2) is 71.1 Å². The summed E-state index contributed by atoms with van der Waals surface area (Å²) >= 11 is 0. The van der Waals surface area contributed by atoms with Crippen LogP contribution < -0.4 is 5.32 Å². The van der Waals surface area contributed by atoms with Gasteiger partial charge in [0.05, 0.1) is 4.92 Å². The number of hydrogen-bond donors (Lipinski definition) is 1. The molecule has 1 amide bonds. The van der Waals surface area contributed by atoms with Crippen molar-refractivity contribution in [1.82, 2.24) is 4.98 Å². The normalized spacial score (nSPS) is 11.9. The summed E-state index contributed by atoms with van der Waals surface area (Å²) in [5.74, 6) is 0.634. The number of anilines is 1. The molecule has 4 aromatic rings. The highest BCUT2D eigenvalue weighted by Crippen LogP contribution is 2.28. The first-order valence-corrected chi connectivity index (χ1v) is 10.0. The zero-order valence-corrected chi connectivity index (χ0v) is 17.2. The standard InChI is InChI=1S/C24H21N3O4/c1-3-15(2)18-8-13-22-21(14-18)26-24(31-22)17-4-9-19(10-5-17)25-23(28)16-6-11-20(12-7-16)27(29)30/h4-15H,3H2,1-2H3,(H,25,28)/t15-/m1/s1. The Bertz CT molecular complexity index is 1240. The van der Waals surface area contributed by atoms with E-state index < -0.39 is 4.92 Å². The summed E-state index contributed by atoms with van der Waals surface area (Å²) in [5, 5.41) is 13.5. The van der Waals surface area contributed by atoms with Crippen LogP contribution in [0.2, 0.25) is 0 Å². The highest BCUT2D eigenvalue weighted by molar-refractivity contribution is 6.04. The van der Waals surface area contributed by atoms with Crippen molar-refractivity contribution in [2.75, 3.05) is 5.32 Å². The second kappa shape index (κ2) is 8.39. The van der Waals surface area contributed by atoms with Crippen LogP contribution in [0.25, 0.3) is 22.6 Å². The summed E-state index contributed by atoms with van der Waals surface area (Å²) in [4.78, 5) is 27.2. The third kappa shape index (κ3) is 4.30. The van der Waals surface area contributed by atoms with E-state index in [1.807, 2.05) is 18.2 Å². The topological polar surface area (TPSA) is 98.3 Å². The second-order valence-electron chi connectivity index (χ2n) is 7.39. The van der Waals surface area contributed by atoms with Gasteiger partial charge in [0.1, 0.15) is 5.52 Å². The minimum absolute atomic E-state index is 0.0597. The Morgan fingerprint density at radius 3 is 2.45 bits per heavy atom. The molecule has 0 radical (unpaired) electrons. The minimum atomic E-state index is -0.502. The Morgan fingerprint density at radius 1 is 1.10 bits per heavy atom. The van der Waals surface area contributed by atoms with Crippen molar-refractivity contribution in [1.29, 1.82) is 0 Å². The Balaban J connectivity index is 1.50. The molecule has 1 atom stereocenters. The van der Waals surface area contributed by atoms with E-state index in [0.717, 1.165) is 23.1 Å². The number of rotatable bonds is 6. The van der Waals surface area contributed by atoms with Gasteiger partial charge in [-0.25, -0.2) is 4.98 Å². The predicted octanol–water partition coefficient (Wildman–Crippen LogP) is 6.17. The van der Waals surface area contributed by atoms with Gasteiger partial charge in [0.2, 0.25) is 5.89 Å². The van der Waals surface area contributed by atoms with Gasteiger partial charge in [-0.15, -0.1) is 0 Å². The number of carbonyl (C=O) groups is 1. The second-order valence-corrected chi connectivity index (χ2v) is 7.39. The molecular formula is C24H21N3O4. The highest BCUT2D eigenvalue weighted by Gasteiger charge is 2.12. The maximum atomic E-state index is 12.4. The lowest BCUT2D eigenvalue weighted by Crippen LogP contribution is -2.11. The van der Waals surface area contributed by atoms with Crippen LogP contribution in [0.4, 0.5) is 11.4 Å². The molecule has 1 heterocycles. The van der Waals surface area contributed by atoms with E-state index in [1.165, 1.54) is 29.8 Å². The van der Waals surface area contributed by atoms with Crippen molar-refractivity contribution in [3.8, 4) is 11.5 Å². The molecule has 0 aliphatic carbocycles. The third-order valence-corrected chi connectivity index (χ3v) is 5.32. The van der Waals surface area contributed by atoms with E-state index in [2.05, 4.69) is 36.3 Å². The number of carbonyl (C=O) groups excluding carboxylic acids is 1. The number of amides is 1. The van der Waals surface area contributed by atoms with E-state index in [4.69, 9.17) is 4.42 Å². The summed E-state index contributed by atoms with van der Waals surface area (Å²) < 4.78 is 5.89. The number of nitro groups is 1. The Labute approximate surface area is 178 Å². The van der Waals surface area contributed by atoms with Crippen molar-refractivity contribution in [2.45, 2.75) is 26.2 Å². The highest BCUT2D eigenvalue weighted by atomic mass is 16.6. The molecule has 3 aromatic carbocycles. The summed E-state index contributed by atoms with van der Waals surface area (Å²) in [5.41, 5.74) is 4.47. The monoisotopic (exact) mass is 415 g/mol. The Morgan fingerprint density at radius 2 is 1.81 bits per heavy atom. The molecule has 1 N–H and O–H groups in total. The van der Waals surface area contributed by atoms with E-state index in [-0.39, 0.29) is 11.6 Å². The molecule has 0 bridgehead atoms. The molecule has 0 fully saturated rings. The van der Waals surface area contributed by atoms with Crippen LogP contribution in [0.1, 0.15) is 42.1 Å². The lowest BCUT2D eigenvalue weighted by Gasteiger charge is -2.07. The lowest BCUT2D eigenvalue weighted by atomic mass is 9.98. The molecule has 7 nitrogen and oxygen atoms in total. The largest absolute Gasteiger partial charge is 0.436 e. The molecule has 0 aliphatic rings. The van der Waals surface area contributed by atoms with Gasteiger partial charge in [0.25, 0.3) is 11.6 Å². The minimum Gasteiger partial charge on any atom is -0.436 e. The number of hydrogen-bond acceptors (Lipinski definition) is 5. The van der Waals surface area contributed by atoms with Crippen molar-refractivity contribution >= 4 is 28.4 Å². The van der Waals surface area contributed by atoms with Crippen molar-refractivity contribution in [2.24, 2.45) is 0 Å². The van der Waals surface area contributed by atoms with Gasteiger partial charge < -0.3 is 9.73 Å². The predicted molar refractivity (Wildman–Crippen MR) is 119 cm³/mol. The van der Waals surface area contributed by atoms with Crippen molar-refractivity contribution in [3.05, 3.63) is 88.0 Å². The fourth-order valence-corrected chi connectivity index (χ4v) is 3.24. The number of oxazole rings is 1. The fraction of sp³-hybridized carbons (Fsp3) is 0.167. The smallest absolute Gasteiger partial charge is 0.269 e. The lowest BCUT2D eigenvalue weighted by molar-refractivity contribution is -0.384. The first-order chi connectivity index (χ1) is 14.9. The van der Waals surface area contributed by atoms with Gasteiger partial charge in [0, 0.05) is 28.9 Å². The van der Waals surface area contributed by atoms with Crippen LogP contribution in [-0.2, 0) is 0 Å². The average Bonchev–Trinajstić information content (AvgIpc) is 3.22. The van der Waals surface area contributed by atoms with Gasteiger partial charge in [-0.3, -0.25) is 14.9 Å². The van der Waals surface area contributed by atoms with E-state index in [0.29, 0.717) is 23.1 Å². The van der Waals surface area contributed by atoms with Gasteiger partial charge in [-0.2, -0.15) is 0 Å².